The van der Waals surface area contributed by atoms with Crippen LogP contribution < -0.4 is 0 Å². The number of nitrogens with zero attached hydrogens (tertiary/aromatic N) is 2. The van der Waals surface area contributed by atoms with Crippen molar-refractivity contribution in [2.45, 2.75) is 6.42 Å². The number of phenols is 1. The van der Waals surface area contributed by atoms with Crippen LogP contribution in [-0.2, 0) is 39.1 Å². The van der Waals surface area contributed by atoms with Gasteiger partial charge in [-0.2, -0.15) is 70.2 Å². The van der Waals surface area contributed by atoms with Gasteiger partial charge < -0.3 is 10.2 Å². The zero-order chi connectivity index (χ0) is 18.4. The number of aromatic carboxylic acids is 1. The molecule has 0 aliphatic heterocycles. The fourth-order valence-electron chi connectivity index (χ4n) is 2.34. The van der Waals surface area contributed by atoms with Crippen LogP contribution in [-0.4, -0.2) is 16.2 Å². The van der Waals surface area contributed by atoms with Crippen molar-refractivity contribution in [3.63, 3.8) is 0 Å². The summed E-state index contributed by atoms with van der Waals surface area (Å²) in [6.45, 7) is 0. The van der Waals surface area contributed by atoms with E-state index in [1.165, 1.54) is 18.2 Å². The van der Waals surface area contributed by atoms with Crippen LogP contribution in [0.2, 0.25) is 0 Å². The number of azo groups is 1. The molecule has 27 heavy (non-hydrogen) atoms. The van der Waals surface area contributed by atoms with Gasteiger partial charge in [0.05, 0.1) is 11.4 Å². The molecule has 0 aliphatic carbocycles. The van der Waals surface area contributed by atoms with Crippen LogP contribution in [0.15, 0.2) is 77.0 Å². The van der Waals surface area contributed by atoms with Gasteiger partial charge in [0.25, 0.3) is 0 Å². The van der Waals surface area contributed by atoms with Crippen LogP contribution in [0, 0.1) is 12.5 Å². The van der Waals surface area contributed by atoms with Gasteiger partial charge >= 0.3 is 5.97 Å². The SMILES string of the molecule is O=C(O)c1cc(N=Nc2ccc([CH-]Cc3[c-]cccc3)cc2)ccc1O.[Y]. The van der Waals surface area contributed by atoms with Crippen molar-refractivity contribution in [2.24, 2.45) is 10.2 Å². The number of hydrogen-bond donors (Lipinski definition) is 2. The summed E-state index contributed by atoms with van der Waals surface area (Å²) < 4.78 is 0. The Kier molecular flexibility index (Phi) is 7.71. The van der Waals surface area contributed by atoms with E-state index in [0.29, 0.717) is 11.4 Å². The zero-order valence-electron chi connectivity index (χ0n) is 14.4. The smallest absolute Gasteiger partial charge is 0.339 e. The van der Waals surface area contributed by atoms with Gasteiger partial charge in [0, 0.05) is 32.7 Å². The molecule has 0 fully saturated rings. The number of rotatable bonds is 6. The van der Waals surface area contributed by atoms with E-state index in [4.69, 9.17) is 5.11 Å². The number of benzene rings is 3. The van der Waals surface area contributed by atoms with Crippen LogP contribution >= 0.6 is 0 Å². The minimum Gasteiger partial charge on any atom is -0.507 e. The zero-order valence-corrected chi connectivity index (χ0v) is 17.2. The molecule has 0 bridgehead atoms. The monoisotopic (exact) mass is 433 g/mol. The largest absolute Gasteiger partial charge is 0.507 e. The standard InChI is InChI=1S/C21H16N2O3.Y/c24-20-13-12-18(14-19(20)21(25)26)23-22-17-10-8-16(9-11-17)7-6-15-4-2-1-3-5-15;/h1-4,7-14,24H,6H2,(H,25,26);/q-2;. The number of carboxylic acid groups (broad SMARTS) is 1. The molecule has 3 rings (SSSR count). The maximum atomic E-state index is 11.0. The molecule has 3 aromatic rings. The van der Waals surface area contributed by atoms with E-state index < -0.39 is 5.97 Å². The van der Waals surface area contributed by atoms with Gasteiger partial charge in [0.15, 0.2) is 0 Å². The Morgan fingerprint density at radius 1 is 1.00 bits per heavy atom. The second-order valence-corrected chi connectivity index (χ2v) is 5.59. The van der Waals surface area contributed by atoms with Crippen molar-refractivity contribution in [3.05, 3.63) is 95.9 Å². The van der Waals surface area contributed by atoms with Crippen LogP contribution in [0.4, 0.5) is 11.4 Å². The summed E-state index contributed by atoms with van der Waals surface area (Å²) in [5.41, 5.74) is 3.00. The first-order chi connectivity index (χ1) is 12.6. The van der Waals surface area contributed by atoms with Crippen LogP contribution in [0.5, 0.6) is 5.75 Å². The Morgan fingerprint density at radius 2 is 1.70 bits per heavy atom. The van der Waals surface area contributed by atoms with E-state index in [9.17, 15) is 9.90 Å². The Hall–Kier alpha value is -2.50. The molecule has 0 unspecified atom stereocenters. The van der Waals surface area contributed by atoms with Gasteiger partial charge in [0.2, 0.25) is 0 Å². The third-order valence-electron chi connectivity index (χ3n) is 3.72. The fraction of sp³-hybridized carbons (Fsp3) is 0.0476. The second-order valence-electron chi connectivity index (χ2n) is 5.59. The van der Waals surface area contributed by atoms with Gasteiger partial charge in [-0.3, -0.25) is 0 Å². The van der Waals surface area contributed by atoms with Crippen LogP contribution in [0.1, 0.15) is 21.5 Å². The predicted octanol–water partition coefficient (Wildman–Crippen LogP) is 5.10. The average Bonchev–Trinajstić information content (AvgIpc) is 2.67. The van der Waals surface area contributed by atoms with Crippen molar-refractivity contribution in [3.8, 4) is 5.75 Å². The molecular weight excluding hydrogens is 417 g/mol. The molecule has 0 saturated heterocycles. The van der Waals surface area contributed by atoms with Gasteiger partial charge in [-0.15, -0.1) is 0 Å². The van der Waals surface area contributed by atoms with Crippen LogP contribution in [0.3, 0.4) is 0 Å². The second kappa shape index (κ2) is 10.00. The average molecular weight is 433 g/mol. The van der Waals surface area contributed by atoms with Gasteiger partial charge in [-0.05, 0) is 18.2 Å². The van der Waals surface area contributed by atoms with Gasteiger partial charge in [-0.25, -0.2) is 4.79 Å². The Balaban J connectivity index is 0.00000261. The summed E-state index contributed by atoms with van der Waals surface area (Å²) in [5, 5.41) is 26.6. The third kappa shape index (κ3) is 6.02. The molecule has 133 valence electrons. The van der Waals surface area contributed by atoms with Crippen molar-refractivity contribution < 1.29 is 47.7 Å². The summed E-state index contributed by atoms with van der Waals surface area (Å²) in [6.07, 6.45) is 2.90. The summed E-state index contributed by atoms with van der Waals surface area (Å²) in [4.78, 5) is 11.0. The molecular formula is C21H16N2O3Y-2. The summed E-state index contributed by atoms with van der Waals surface area (Å²) in [5.74, 6) is -1.51. The predicted molar refractivity (Wildman–Crippen MR) is 98.1 cm³/mol. The first kappa shape index (κ1) is 20.8. The quantitative estimate of drug-likeness (QED) is 0.419. The van der Waals surface area contributed by atoms with Gasteiger partial charge in [-0.1, -0.05) is 18.6 Å². The molecule has 3 aromatic carbocycles. The molecule has 6 heteroatoms. The molecule has 1 radical (unpaired) electrons. The topological polar surface area (TPSA) is 82.2 Å². The molecule has 0 amide bonds. The van der Waals surface area contributed by atoms with Crippen molar-refractivity contribution >= 4 is 17.3 Å². The molecule has 0 atom stereocenters. The van der Waals surface area contributed by atoms with E-state index >= 15 is 0 Å². The van der Waals surface area contributed by atoms with Gasteiger partial charge in [0.1, 0.15) is 11.3 Å². The number of aromatic hydroxyl groups is 1. The fourth-order valence-corrected chi connectivity index (χ4v) is 2.34. The van der Waals surface area contributed by atoms with Crippen LogP contribution in [0.25, 0.3) is 0 Å². The van der Waals surface area contributed by atoms with Crippen molar-refractivity contribution in [1.29, 1.82) is 0 Å². The normalized spacial score (nSPS) is 10.4. The van der Waals surface area contributed by atoms with Crippen molar-refractivity contribution in [1.82, 2.24) is 0 Å². The Morgan fingerprint density at radius 3 is 2.37 bits per heavy atom. The minimum atomic E-state index is -1.21. The molecule has 0 heterocycles. The molecule has 2 N–H and O–H groups in total. The molecule has 5 nitrogen and oxygen atoms in total. The van der Waals surface area contributed by atoms with Crippen molar-refractivity contribution in [2.75, 3.05) is 0 Å². The van der Waals surface area contributed by atoms with E-state index in [-0.39, 0.29) is 44.0 Å². The molecule has 0 spiro atoms. The molecule has 0 aromatic heterocycles. The molecule has 0 saturated carbocycles. The number of carbonyl (C=O) groups is 1. The summed E-state index contributed by atoms with van der Waals surface area (Å²) in [6, 6.07) is 22.7. The maximum absolute atomic E-state index is 11.0. The van der Waals surface area contributed by atoms with E-state index in [1.807, 2.05) is 48.5 Å². The third-order valence-corrected chi connectivity index (χ3v) is 3.72. The summed E-state index contributed by atoms with van der Waals surface area (Å²) >= 11 is 0. The Bertz CT molecular complexity index is 926. The summed E-state index contributed by atoms with van der Waals surface area (Å²) in [7, 11) is 0. The number of carboxylic acids is 1. The maximum Gasteiger partial charge on any atom is 0.339 e. The first-order valence-electron chi connectivity index (χ1n) is 7.99. The molecule has 0 aliphatic rings. The Labute approximate surface area is 182 Å². The number of hydrogen-bond acceptors (Lipinski definition) is 4. The van der Waals surface area contributed by atoms with E-state index in [2.05, 4.69) is 22.7 Å². The first-order valence-corrected chi connectivity index (χ1v) is 7.99. The van der Waals surface area contributed by atoms with E-state index in [0.717, 1.165) is 17.5 Å². The van der Waals surface area contributed by atoms with E-state index in [1.54, 1.807) is 0 Å². The minimum absolute atomic E-state index is 0.